The number of hydrogen-bond donors (Lipinski definition) is 2. The number of fused-ring (bicyclic) bond motifs is 1. The first-order valence-electron chi connectivity index (χ1n) is 12.1. The normalized spacial score (nSPS) is 16.6. The van der Waals surface area contributed by atoms with Gasteiger partial charge in [-0.2, -0.15) is 0 Å². The van der Waals surface area contributed by atoms with Crippen molar-refractivity contribution in [3.05, 3.63) is 105 Å². The van der Waals surface area contributed by atoms with Crippen LogP contribution in [0.5, 0.6) is 11.5 Å². The average Bonchev–Trinajstić information content (AvgIpc) is 3.48. The van der Waals surface area contributed by atoms with Gasteiger partial charge in [0.25, 0.3) is 17.4 Å². The third kappa shape index (κ3) is 4.56. The zero-order valence-electron chi connectivity index (χ0n) is 21.2. The molecule has 0 saturated carbocycles. The molecule has 4 aromatic rings. The number of H-pyrrole nitrogens is 1. The number of nitro groups is 1. The monoisotopic (exact) mass is 527 g/mol. The van der Waals surface area contributed by atoms with E-state index in [9.17, 15) is 24.8 Å². The van der Waals surface area contributed by atoms with Gasteiger partial charge in [-0.15, -0.1) is 0 Å². The fraction of sp³-hybridized carbons (Fsp3) is 0.172. The third-order valence-electron chi connectivity index (χ3n) is 6.91. The van der Waals surface area contributed by atoms with E-state index in [-0.39, 0.29) is 28.9 Å². The van der Waals surface area contributed by atoms with Gasteiger partial charge in [0.05, 0.1) is 36.3 Å². The van der Waals surface area contributed by atoms with Crippen molar-refractivity contribution in [1.82, 2.24) is 9.88 Å². The van der Waals surface area contributed by atoms with Crippen LogP contribution in [-0.4, -0.2) is 52.4 Å². The predicted octanol–water partition coefficient (Wildman–Crippen LogP) is 4.76. The number of nitrogens with one attached hydrogen (secondary N) is 1. The van der Waals surface area contributed by atoms with Crippen molar-refractivity contribution >= 4 is 34.0 Å². The predicted molar refractivity (Wildman–Crippen MR) is 144 cm³/mol. The molecule has 1 atom stereocenters. The number of ether oxygens (including phenoxy) is 2. The van der Waals surface area contributed by atoms with E-state index in [1.165, 1.54) is 36.3 Å². The Morgan fingerprint density at radius 3 is 2.51 bits per heavy atom. The number of para-hydroxylation sites is 1. The van der Waals surface area contributed by atoms with Crippen molar-refractivity contribution in [2.24, 2.45) is 0 Å². The zero-order valence-corrected chi connectivity index (χ0v) is 21.2. The van der Waals surface area contributed by atoms with Crippen LogP contribution in [0.15, 0.2) is 78.5 Å². The minimum absolute atomic E-state index is 0.0698. The van der Waals surface area contributed by atoms with Gasteiger partial charge in [-0.3, -0.25) is 19.7 Å². The molecule has 2 heterocycles. The van der Waals surface area contributed by atoms with Gasteiger partial charge < -0.3 is 24.5 Å². The summed E-state index contributed by atoms with van der Waals surface area (Å²) in [6, 6.07) is 16.7. The first-order valence-corrected chi connectivity index (χ1v) is 12.1. The number of rotatable bonds is 8. The number of aromatic amines is 1. The Morgan fingerprint density at radius 1 is 1.03 bits per heavy atom. The minimum Gasteiger partial charge on any atom is -0.507 e. The summed E-state index contributed by atoms with van der Waals surface area (Å²) in [5.74, 6) is -1.10. The number of methoxy groups -OCH3 is 2. The molecule has 1 amide bonds. The molecule has 0 aliphatic carbocycles. The molecular weight excluding hydrogens is 502 g/mol. The highest BCUT2D eigenvalue weighted by Gasteiger charge is 2.48. The molecule has 1 aromatic heterocycles. The van der Waals surface area contributed by atoms with Crippen LogP contribution in [0, 0.1) is 10.1 Å². The quantitative estimate of drug-likeness (QED) is 0.111. The molecule has 1 saturated heterocycles. The number of aliphatic hydroxyl groups is 1. The largest absolute Gasteiger partial charge is 0.507 e. The zero-order chi connectivity index (χ0) is 27.7. The molecule has 1 aliphatic rings. The molecule has 198 valence electrons. The first-order chi connectivity index (χ1) is 18.8. The highest BCUT2D eigenvalue weighted by molar-refractivity contribution is 6.46. The average molecular weight is 528 g/mol. The summed E-state index contributed by atoms with van der Waals surface area (Å²) in [4.78, 5) is 42.6. The maximum Gasteiger partial charge on any atom is 0.295 e. The fourth-order valence-electron chi connectivity index (χ4n) is 4.98. The first kappa shape index (κ1) is 25.5. The molecule has 39 heavy (non-hydrogen) atoms. The van der Waals surface area contributed by atoms with Crippen molar-refractivity contribution in [2.75, 3.05) is 20.8 Å². The van der Waals surface area contributed by atoms with E-state index in [4.69, 9.17) is 9.47 Å². The number of carbonyl (C=O) groups excluding carboxylic acids is 2. The molecule has 1 fully saturated rings. The van der Waals surface area contributed by atoms with Gasteiger partial charge in [0.1, 0.15) is 17.3 Å². The van der Waals surface area contributed by atoms with Gasteiger partial charge in [0.15, 0.2) is 0 Å². The number of carbonyl (C=O) groups is 2. The van der Waals surface area contributed by atoms with E-state index in [1.54, 1.807) is 31.4 Å². The number of ketones is 1. The van der Waals surface area contributed by atoms with E-state index >= 15 is 0 Å². The molecule has 0 bridgehead atoms. The Hall–Kier alpha value is -5.12. The van der Waals surface area contributed by atoms with Crippen LogP contribution in [0.2, 0.25) is 0 Å². The Bertz CT molecular complexity index is 1640. The second kappa shape index (κ2) is 10.3. The summed E-state index contributed by atoms with van der Waals surface area (Å²) in [5.41, 5.74) is 1.65. The number of hydrogen-bond acceptors (Lipinski definition) is 7. The summed E-state index contributed by atoms with van der Waals surface area (Å²) in [6.45, 7) is 0.0698. The summed E-state index contributed by atoms with van der Waals surface area (Å²) in [6.07, 6.45) is 2.16. The number of aromatic nitrogens is 1. The van der Waals surface area contributed by atoms with Crippen LogP contribution in [0.25, 0.3) is 16.7 Å². The lowest BCUT2D eigenvalue weighted by molar-refractivity contribution is -0.385. The Morgan fingerprint density at radius 2 is 1.77 bits per heavy atom. The number of likely N-dealkylation sites (tertiary alicyclic amines) is 1. The van der Waals surface area contributed by atoms with Gasteiger partial charge in [-0.25, -0.2) is 0 Å². The molecule has 10 heteroatoms. The Labute approximate surface area is 223 Å². The fourth-order valence-corrected chi connectivity index (χ4v) is 4.98. The minimum atomic E-state index is -1.17. The van der Waals surface area contributed by atoms with E-state index in [1.807, 2.05) is 24.4 Å². The maximum atomic E-state index is 13.4. The van der Waals surface area contributed by atoms with Crippen molar-refractivity contribution in [3.8, 4) is 11.5 Å². The number of Topliss-reactive ketones (excluding diaryl/α,β-unsaturated/α-hetero) is 1. The van der Waals surface area contributed by atoms with Crippen LogP contribution in [0.1, 0.15) is 22.7 Å². The van der Waals surface area contributed by atoms with E-state index < -0.39 is 28.4 Å². The topological polar surface area (TPSA) is 135 Å². The van der Waals surface area contributed by atoms with Crippen LogP contribution in [0.4, 0.5) is 5.69 Å². The van der Waals surface area contributed by atoms with Gasteiger partial charge in [-0.1, -0.05) is 24.3 Å². The number of aliphatic hydroxyl groups excluding tert-OH is 1. The molecule has 0 radical (unpaired) electrons. The summed E-state index contributed by atoms with van der Waals surface area (Å²) >= 11 is 0. The summed E-state index contributed by atoms with van der Waals surface area (Å²) in [7, 11) is 3.04. The van der Waals surface area contributed by atoms with Crippen molar-refractivity contribution in [2.45, 2.75) is 12.5 Å². The van der Waals surface area contributed by atoms with Gasteiger partial charge in [0, 0.05) is 35.3 Å². The maximum absolute atomic E-state index is 13.4. The van der Waals surface area contributed by atoms with Crippen LogP contribution in [0.3, 0.4) is 0 Å². The molecule has 0 unspecified atom stereocenters. The smallest absolute Gasteiger partial charge is 0.295 e. The van der Waals surface area contributed by atoms with Crippen LogP contribution < -0.4 is 9.47 Å². The lowest BCUT2D eigenvalue weighted by atomic mass is 9.94. The lowest BCUT2D eigenvalue weighted by Crippen LogP contribution is -2.32. The standard InChI is InChI=1S/C29H25N3O7/c1-38-19-7-5-6-17(14-19)27(33)25-26(21-8-3-4-9-24(21)32(36)37)31(29(35)28(25)34)13-12-18-16-30-23-11-10-20(39-2)15-22(18)23/h3-11,14-16,26,30,33H,12-13H2,1-2H3/t26-/m1/s1. The third-order valence-corrected chi connectivity index (χ3v) is 6.91. The van der Waals surface area contributed by atoms with Gasteiger partial charge >= 0.3 is 0 Å². The number of nitro benzene ring substituents is 1. The molecule has 2 N–H and O–H groups in total. The van der Waals surface area contributed by atoms with Gasteiger partial charge in [0.2, 0.25) is 0 Å². The molecule has 3 aromatic carbocycles. The molecular formula is C29H25N3O7. The second-order valence-corrected chi connectivity index (χ2v) is 9.02. The molecule has 1 aliphatic heterocycles. The van der Waals surface area contributed by atoms with Gasteiger partial charge in [-0.05, 0) is 48.4 Å². The van der Waals surface area contributed by atoms with Crippen molar-refractivity contribution in [3.63, 3.8) is 0 Å². The second-order valence-electron chi connectivity index (χ2n) is 9.02. The molecule has 10 nitrogen and oxygen atoms in total. The summed E-state index contributed by atoms with van der Waals surface area (Å²) in [5, 5.41) is 24.1. The number of amides is 1. The van der Waals surface area contributed by atoms with E-state index in [0.29, 0.717) is 17.9 Å². The SMILES string of the molecule is COc1cccc(C(O)=C2C(=O)C(=O)N(CCc3c[nH]c4ccc(OC)cc34)[C@@H]2c2ccccc2[N+](=O)[O-])c1. The van der Waals surface area contributed by atoms with E-state index in [2.05, 4.69) is 4.98 Å². The highest BCUT2D eigenvalue weighted by atomic mass is 16.6. The Balaban J connectivity index is 1.61. The van der Waals surface area contributed by atoms with Crippen molar-refractivity contribution in [1.29, 1.82) is 0 Å². The number of nitrogens with zero attached hydrogens (tertiary/aromatic N) is 2. The van der Waals surface area contributed by atoms with Crippen LogP contribution >= 0.6 is 0 Å². The number of benzene rings is 3. The highest BCUT2D eigenvalue weighted by Crippen LogP contribution is 2.43. The molecule has 0 spiro atoms. The van der Waals surface area contributed by atoms with Crippen molar-refractivity contribution < 1.29 is 29.1 Å². The Kier molecular flexibility index (Phi) is 6.76. The van der Waals surface area contributed by atoms with Crippen LogP contribution in [-0.2, 0) is 16.0 Å². The molecule has 5 rings (SSSR count). The van der Waals surface area contributed by atoms with E-state index in [0.717, 1.165) is 16.5 Å². The lowest BCUT2D eigenvalue weighted by Gasteiger charge is -2.25. The summed E-state index contributed by atoms with van der Waals surface area (Å²) < 4.78 is 10.6.